The Labute approximate surface area is 165 Å². The molecule has 156 valence electrons. The van der Waals surface area contributed by atoms with Crippen molar-refractivity contribution in [3.8, 4) is 0 Å². The van der Waals surface area contributed by atoms with Crippen LogP contribution >= 0.6 is 0 Å². The Bertz CT molecular complexity index is 776. The van der Waals surface area contributed by atoms with E-state index in [9.17, 15) is 18.0 Å². The molecule has 1 aliphatic rings. The SMILES string of the molecule is COCCN1CCCC1CNS(=O)(=O)c1cc(C(=O)OC)cc(C(=O)OC)c1. The van der Waals surface area contributed by atoms with Crippen molar-refractivity contribution in [2.24, 2.45) is 0 Å². The van der Waals surface area contributed by atoms with E-state index >= 15 is 0 Å². The number of carbonyl (C=O) groups excluding carboxylic acids is 2. The van der Waals surface area contributed by atoms with E-state index in [1.165, 1.54) is 32.4 Å². The topological polar surface area (TPSA) is 111 Å². The molecule has 1 heterocycles. The first kappa shape index (κ1) is 22.3. The fraction of sp³-hybridized carbons (Fsp3) is 0.556. The molecular formula is C18H26N2O7S. The molecule has 0 amide bonds. The summed E-state index contributed by atoms with van der Waals surface area (Å²) in [6.45, 7) is 2.42. The van der Waals surface area contributed by atoms with Gasteiger partial charge in [-0.2, -0.15) is 0 Å². The molecule has 0 saturated carbocycles. The maximum atomic E-state index is 12.8. The van der Waals surface area contributed by atoms with Crippen molar-refractivity contribution in [2.45, 2.75) is 23.8 Å². The fourth-order valence-electron chi connectivity index (χ4n) is 3.14. The lowest BCUT2D eigenvalue weighted by Gasteiger charge is -2.24. The Morgan fingerprint density at radius 1 is 1.11 bits per heavy atom. The van der Waals surface area contributed by atoms with Gasteiger partial charge in [-0.05, 0) is 37.6 Å². The van der Waals surface area contributed by atoms with Gasteiger partial charge in [-0.15, -0.1) is 0 Å². The number of hydrogen-bond acceptors (Lipinski definition) is 8. The molecule has 10 heteroatoms. The molecule has 0 spiro atoms. The van der Waals surface area contributed by atoms with Crippen molar-refractivity contribution in [2.75, 3.05) is 47.6 Å². The zero-order valence-corrected chi connectivity index (χ0v) is 17.1. The third-order valence-corrected chi connectivity index (χ3v) is 6.05. The van der Waals surface area contributed by atoms with Crippen LogP contribution in [0.2, 0.25) is 0 Å². The molecular weight excluding hydrogens is 388 g/mol. The number of methoxy groups -OCH3 is 3. The number of rotatable bonds is 9. The molecule has 0 aromatic heterocycles. The van der Waals surface area contributed by atoms with Gasteiger partial charge in [-0.3, -0.25) is 4.90 Å². The number of sulfonamides is 1. The highest BCUT2D eigenvalue weighted by atomic mass is 32.2. The van der Waals surface area contributed by atoms with E-state index in [-0.39, 0.29) is 28.6 Å². The van der Waals surface area contributed by atoms with Crippen molar-refractivity contribution < 1.29 is 32.2 Å². The lowest BCUT2D eigenvalue weighted by molar-refractivity contribution is 0.0598. The van der Waals surface area contributed by atoms with Crippen molar-refractivity contribution >= 4 is 22.0 Å². The number of benzene rings is 1. The molecule has 1 aliphatic heterocycles. The largest absolute Gasteiger partial charge is 0.465 e. The maximum Gasteiger partial charge on any atom is 0.337 e. The van der Waals surface area contributed by atoms with Crippen molar-refractivity contribution in [3.05, 3.63) is 29.3 Å². The highest BCUT2D eigenvalue weighted by Crippen LogP contribution is 2.19. The smallest absolute Gasteiger partial charge is 0.337 e. The number of nitrogens with zero attached hydrogens (tertiary/aromatic N) is 1. The second-order valence-electron chi connectivity index (χ2n) is 6.41. The summed E-state index contributed by atoms with van der Waals surface area (Å²) >= 11 is 0. The monoisotopic (exact) mass is 414 g/mol. The second kappa shape index (κ2) is 9.97. The maximum absolute atomic E-state index is 12.8. The van der Waals surface area contributed by atoms with Crippen LogP contribution in [0.5, 0.6) is 0 Å². The third kappa shape index (κ3) is 5.51. The minimum atomic E-state index is -3.94. The molecule has 0 radical (unpaired) electrons. The van der Waals surface area contributed by atoms with Gasteiger partial charge < -0.3 is 14.2 Å². The molecule has 0 aliphatic carbocycles. The zero-order valence-electron chi connectivity index (χ0n) is 16.3. The summed E-state index contributed by atoms with van der Waals surface area (Å²) in [7, 11) is 0.0321. The Morgan fingerprint density at radius 2 is 1.71 bits per heavy atom. The third-order valence-electron chi connectivity index (χ3n) is 4.65. The van der Waals surface area contributed by atoms with E-state index in [0.717, 1.165) is 25.9 Å². The Balaban J connectivity index is 2.21. The fourth-order valence-corrected chi connectivity index (χ4v) is 4.29. The van der Waals surface area contributed by atoms with Crippen LogP contribution in [-0.4, -0.2) is 78.9 Å². The van der Waals surface area contributed by atoms with Crippen LogP contribution in [0.3, 0.4) is 0 Å². The normalized spacial score (nSPS) is 17.5. The zero-order chi connectivity index (χ0) is 20.7. The van der Waals surface area contributed by atoms with Gasteiger partial charge in [0.25, 0.3) is 0 Å². The Kier molecular flexibility index (Phi) is 7.93. The van der Waals surface area contributed by atoms with Gasteiger partial charge in [0.1, 0.15) is 0 Å². The summed E-state index contributed by atoms with van der Waals surface area (Å²) in [6, 6.07) is 3.66. The number of nitrogens with one attached hydrogen (secondary N) is 1. The average molecular weight is 414 g/mol. The van der Waals surface area contributed by atoms with Crippen LogP contribution < -0.4 is 4.72 Å². The van der Waals surface area contributed by atoms with E-state index in [4.69, 9.17) is 4.74 Å². The van der Waals surface area contributed by atoms with Gasteiger partial charge in [-0.25, -0.2) is 22.7 Å². The summed E-state index contributed by atoms with van der Waals surface area (Å²) < 4.78 is 42.5. The number of likely N-dealkylation sites (tertiary alicyclic amines) is 1. The minimum absolute atomic E-state index is 0.0478. The number of hydrogen-bond donors (Lipinski definition) is 1. The van der Waals surface area contributed by atoms with Gasteiger partial charge in [0, 0.05) is 26.2 Å². The van der Waals surface area contributed by atoms with Crippen LogP contribution in [0.4, 0.5) is 0 Å². The molecule has 1 atom stereocenters. The molecule has 1 aromatic rings. The molecule has 2 rings (SSSR count). The summed E-state index contributed by atoms with van der Waals surface area (Å²) in [4.78, 5) is 25.7. The average Bonchev–Trinajstić information content (AvgIpc) is 3.16. The quantitative estimate of drug-likeness (QED) is 0.587. The van der Waals surface area contributed by atoms with E-state index in [0.29, 0.717) is 6.61 Å². The molecule has 1 unspecified atom stereocenters. The molecule has 1 fully saturated rings. The van der Waals surface area contributed by atoms with Crippen molar-refractivity contribution in [1.29, 1.82) is 0 Å². The van der Waals surface area contributed by atoms with Crippen LogP contribution in [0, 0.1) is 0 Å². The molecule has 9 nitrogen and oxygen atoms in total. The van der Waals surface area contributed by atoms with Crippen LogP contribution in [0.25, 0.3) is 0 Å². The van der Waals surface area contributed by atoms with Gasteiger partial charge in [0.2, 0.25) is 10.0 Å². The van der Waals surface area contributed by atoms with Crippen LogP contribution in [-0.2, 0) is 24.2 Å². The summed E-state index contributed by atoms with van der Waals surface area (Å²) in [6.07, 6.45) is 1.86. The van der Waals surface area contributed by atoms with Crippen LogP contribution in [0.1, 0.15) is 33.6 Å². The van der Waals surface area contributed by atoms with E-state index in [1.807, 2.05) is 0 Å². The van der Waals surface area contributed by atoms with E-state index in [2.05, 4.69) is 19.1 Å². The first-order valence-electron chi connectivity index (χ1n) is 8.86. The minimum Gasteiger partial charge on any atom is -0.465 e. The molecule has 1 N–H and O–H groups in total. The van der Waals surface area contributed by atoms with Crippen molar-refractivity contribution in [3.63, 3.8) is 0 Å². The summed E-state index contributed by atoms with van der Waals surface area (Å²) in [5.74, 6) is -1.49. The molecule has 1 saturated heterocycles. The predicted molar refractivity (Wildman–Crippen MR) is 101 cm³/mol. The number of esters is 2. The molecule has 0 bridgehead atoms. The lowest BCUT2D eigenvalue weighted by atomic mass is 10.1. The number of ether oxygens (including phenoxy) is 3. The highest BCUT2D eigenvalue weighted by molar-refractivity contribution is 7.89. The standard InChI is InChI=1S/C18H26N2O7S/c1-25-8-7-20-6-4-5-15(20)12-19-28(23,24)16-10-13(17(21)26-2)9-14(11-16)18(22)27-3/h9-11,15,19H,4-8,12H2,1-3H3. The first-order valence-corrected chi connectivity index (χ1v) is 10.3. The summed E-state index contributed by atoms with van der Waals surface area (Å²) in [5.41, 5.74) is -0.0956. The molecule has 1 aromatic carbocycles. The number of carbonyl (C=O) groups is 2. The first-order chi connectivity index (χ1) is 13.3. The van der Waals surface area contributed by atoms with Crippen molar-refractivity contribution in [1.82, 2.24) is 9.62 Å². The van der Waals surface area contributed by atoms with Gasteiger partial charge in [-0.1, -0.05) is 0 Å². The summed E-state index contributed by atoms with van der Waals surface area (Å²) in [5, 5.41) is 0. The van der Waals surface area contributed by atoms with Gasteiger partial charge in [0.15, 0.2) is 0 Å². The Morgan fingerprint density at radius 3 is 2.25 bits per heavy atom. The van der Waals surface area contributed by atoms with Gasteiger partial charge in [0.05, 0.1) is 36.8 Å². The Hall–Kier alpha value is -2.01. The predicted octanol–water partition coefficient (Wildman–Crippen LogP) is 0.649. The lowest BCUT2D eigenvalue weighted by Crippen LogP contribution is -2.41. The van der Waals surface area contributed by atoms with E-state index < -0.39 is 22.0 Å². The van der Waals surface area contributed by atoms with Crippen LogP contribution in [0.15, 0.2) is 23.1 Å². The second-order valence-corrected chi connectivity index (χ2v) is 8.17. The van der Waals surface area contributed by atoms with Gasteiger partial charge >= 0.3 is 11.9 Å². The highest BCUT2D eigenvalue weighted by Gasteiger charge is 2.27. The van der Waals surface area contributed by atoms with E-state index in [1.54, 1.807) is 7.11 Å². The molecule has 28 heavy (non-hydrogen) atoms.